The molecule has 0 spiro atoms. The summed E-state index contributed by atoms with van der Waals surface area (Å²) in [6.45, 7) is 19.3. The zero-order valence-electron chi connectivity index (χ0n) is 13.7. The van der Waals surface area contributed by atoms with E-state index in [0.717, 1.165) is 39.3 Å². The highest BCUT2D eigenvalue weighted by molar-refractivity contribution is 5.56. The Morgan fingerprint density at radius 2 is 1.25 bits per heavy atom. The van der Waals surface area contributed by atoms with Gasteiger partial charge in [0.25, 0.3) is 0 Å². The molecule has 0 amide bonds. The number of hydrogen-bond acceptors (Lipinski definition) is 2. The molecule has 0 saturated heterocycles. The molecule has 0 aromatic heterocycles. The van der Waals surface area contributed by atoms with Gasteiger partial charge in [0.05, 0.1) is 0 Å². The van der Waals surface area contributed by atoms with Gasteiger partial charge in [0.1, 0.15) is 0 Å². The molecule has 0 aliphatic heterocycles. The van der Waals surface area contributed by atoms with Crippen LogP contribution in [0, 0.1) is 0 Å². The lowest BCUT2D eigenvalue weighted by molar-refractivity contribution is 0.291. The van der Waals surface area contributed by atoms with Gasteiger partial charge in [0.2, 0.25) is 0 Å². The lowest BCUT2D eigenvalue weighted by Gasteiger charge is -2.23. The molecule has 0 saturated carbocycles. The molecule has 0 aliphatic carbocycles. The molecule has 0 radical (unpaired) electrons. The molecule has 2 heteroatoms. The standard InChI is InChI=1S/C18H30N2/c1-6-18-16(14-19(7-2)8-3)12-11-13-17(18)15-20(9-4)10-5/h6,11-13H,1,7-10,14-15H2,2-5H3. The van der Waals surface area contributed by atoms with Crippen LogP contribution in [0.5, 0.6) is 0 Å². The Morgan fingerprint density at radius 3 is 1.55 bits per heavy atom. The fraction of sp³-hybridized carbons (Fsp3) is 0.556. The van der Waals surface area contributed by atoms with Gasteiger partial charge in [-0.05, 0) is 42.9 Å². The topological polar surface area (TPSA) is 6.48 Å². The van der Waals surface area contributed by atoms with Crippen LogP contribution in [0.3, 0.4) is 0 Å². The van der Waals surface area contributed by atoms with Gasteiger partial charge >= 0.3 is 0 Å². The molecule has 0 unspecified atom stereocenters. The number of hydrogen-bond donors (Lipinski definition) is 0. The van der Waals surface area contributed by atoms with E-state index in [0.29, 0.717) is 0 Å². The monoisotopic (exact) mass is 274 g/mol. The van der Waals surface area contributed by atoms with Gasteiger partial charge in [-0.3, -0.25) is 9.80 Å². The van der Waals surface area contributed by atoms with E-state index in [1.165, 1.54) is 16.7 Å². The number of nitrogens with zero attached hydrogens (tertiary/aromatic N) is 2. The summed E-state index contributed by atoms with van der Waals surface area (Å²) >= 11 is 0. The van der Waals surface area contributed by atoms with Gasteiger partial charge in [-0.15, -0.1) is 0 Å². The molecule has 112 valence electrons. The Hall–Kier alpha value is -1.12. The van der Waals surface area contributed by atoms with Crippen molar-refractivity contribution in [1.82, 2.24) is 9.80 Å². The third-order valence-corrected chi connectivity index (χ3v) is 4.07. The van der Waals surface area contributed by atoms with Crippen LogP contribution < -0.4 is 0 Å². The van der Waals surface area contributed by atoms with Crippen molar-refractivity contribution in [3.05, 3.63) is 41.5 Å². The fourth-order valence-corrected chi connectivity index (χ4v) is 2.58. The van der Waals surface area contributed by atoms with Gasteiger partial charge in [0.15, 0.2) is 0 Å². The molecule has 0 aliphatic rings. The summed E-state index contributed by atoms with van der Waals surface area (Å²) in [6, 6.07) is 6.66. The summed E-state index contributed by atoms with van der Waals surface area (Å²) in [5, 5.41) is 0. The van der Waals surface area contributed by atoms with Crippen LogP contribution in [0.1, 0.15) is 44.4 Å². The van der Waals surface area contributed by atoms with Crippen molar-refractivity contribution in [3.8, 4) is 0 Å². The van der Waals surface area contributed by atoms with Gasteiger partial charge in [-0.1, -0.05) is 58.5 Å². The Balaban J connectivity index is 2.99. The first-order chi connectivity index (χ1) is 9.69. The maximum absolute atomic E-state index is 4.03. The molecule has 0 fully saturated rings. The summed E-state index contributed by atoms with van der Waals surface area (Å²) in [5.41, 5.74) is 4.12. The maximum Gasteiger partial charge on any atom is 0.0239 e. The molecule has 20 heavy (non-hydrogen) atoms. The van der Waals surface area contributed by atoms with Gasteiger partial charge in [-0.25, -0.2) is 0 Å². The van der Waals surface area contributed by atoms with Crippen LogP contribution in [0.2, 0.25) is 0 Å². The first kappa shape index (κ1) is 16.9. The molecular weight excluding hydrogens is 244 g/mol. The van der Waals surface area contributed by atoms with Gasteiger partial charge in [0, 0.05) is 13.1 Å². The Morgan fingerprint density at radius 1 is 0.850 bits per heavy atom. The zero-order valence-corrected chi connectivity index (χ0v) is 13.7. The Labute approximate surface area is 125 Å². The quantitative estimate of drug-likeness (QED) is 0.671. The Bertz CT molecular complexity index is 372. The van der Waals surface area contributed by atoms with E-state index in [-0.39, 0.29) is 0 Å². The van der Waals surface area contributed by atoms with E-state index in [4.69, 9.17) is 0 Å². The lowest BCUT2D eigenvalue weighted by atomic mass is 10.00. The third-order valence-electron chi connectivity index (χ3n) is 4.07. The second kappa shape index (κ2) is 8.93. The van der Waals surface area contributed by atoms with Crippen molar-refractivity contribution < 1.29 is 0 Å². The van der Waals surface area contributed by atoms with E-state index >= 15 is 0 Å². The summed E-state index contributed by atoms with van der Waals surface area (Å²) in [5.74, 6) is 0. The molecule has 0 heterocycles. The highest BCUT2D eigenvalue weighted by atomic mass is 15.1. The summed E-state index contributed by atoms with van der Waals surface area (Å²) in [6.07, 6.45) is 2.03. The molecule has 0 atom stereocenters. The SMILES string of the molecule is C=Cc1c(CN(CC)CC)cccc1CN(CC)CC. The second-order valence-corrected chi connectivity index (χ2v) is 5.12. The second-order valence-electron chi connectivity index (χ2n) is 5.12. The van der Waals surface area contributed by atoms with Gasteiger partial charge < -0.3 is 0 Å². The first-order valence-corrected chi connectivity index (χ1v) is 7.87. The highest BCUT2D eigenvalue weighted by Gasteiger charge is 2.10. The van der Waals surface area contributed by atoms with Crippen molar-refractivity contribution in [2.75, 3.05) is 26.2 Å². The molecule has 1 aromatic rings. The average Bonchev–Trinajstić information content (AvgIpc) is 2.50. The van der Waals surface area contributed by atoms with Crippen LogP contribution >= 0.6 is 0 Å². The summed E-state index contributed by atoms with van der Waals surface area (Å²) in [4.78, 5) is 4.90. The predicted molar refractivity (Wildman–Crippen MR) is 89.8 cm³/mol. The molecular formula is C18H30N2. The van der Waals surface area contributed by atoms with Crippen molar-refractivity contribution >= 4 is 6.08 Å². The van der Waals surface area contributed by atoms with Crippen LogP contribution in [0.25, 0.3) is 6.08 Å². The van der Waals surface area contributed by atoms with E-state index < -0.39 is 0 Å². The average molecular weight is 274 g/mol. The Kier molecular flexibility index (Phi) is 7.56. The number of benzene rings is 1. The van der Waals surface area contributed by atoms with E-state index in [9.17, 15) is 0 Å². The maximum atomic E-state index is 4.03. The predicted octanol–water partition coefficient (Wildman–Crippen LogP) is 4.01. The van der Waals surface area contributed by atoms with Gasteiger partial charge in [-0.2, -0.15) is 0 Å². The highest BCUT2D eigenvalue weighted by Crippen LogP contribution is 2.20. The minimum Gasteiger partial charge on any atom is -0.300 e. The van der Waals surface area contributed by atoms with E-state index in [1.54, 1.807) is 0 Å². The van der Waals surface area contributed by atoms with Crippen LogP contribution in [0.4, 0.5) is 0 Å². The van der Waals surface area contributed by atoms with Crippen LogP contribution in [-0.4, -0.2) is 36.0 Å². The van der Waals surface area contributed by atoms with Crippen molar-refractivity contribution in [1.29, 1.82) is 0 Å². The lowest BCUT2D eigenvalue weighted by Crippen LogP contribution is -2.24. The van der Waals surface area contributed by atoms with Crippen molar-refractivity contribution in [2.24, 2.45) is 0 Å². The molecule has 0 N–H and O–H groups in total. The van der Waals surface area contributed by atoms with Crippen LogP contribution in [-0.2, 0) is 13.1 Å². The smallest absolute Gasteiger partial charge is 0.0239 e. The third kappa shape index (κ3) is 4.46. The van der Waals surface area contributed by atoms with E-state index in [2.05, 4.69) is 62.3 Å². The largest absolute Gasteiger partial charge is 0.300 e. The molecule has 1 rings (SSSR count). The van der Waals surface area contributed by atoms with Crippen LogP contribution in [0.15, 0.2) is 24.8 Å². The normalized spacial score (nSPS) is 11.3. The number of rotatable bonds is 9. The summed E-state index contributed by atoms with van der Waals surface area (Å²) < 4.78 is 0. The van der Waals surface area contributed by atoms with E-state index in [1.807, 2.05) is 6.08 Å². The van der Waals surface area contributed by atoms with Crippen molar-refractivity contribution in [2.45, 2.75) is 40.8 Å². The van der Waals surface area contributed by atoms with Crippen molar-refractivity contribution in [3.63, 3.8) is 0 Å². The minimum atomic E-state index is 1.01. The zero-order chi connectivity index (χ0) is 15.0. The first-order valence-electron chi connectivity index (χ1n) is 7.87. The molecule has 0 bridgehead atoms. The summed E-state index contributed by atoms with van der Waals surface area (Å²) in [7, 11) is 0. The fourth-order valence-electron chi connectivity index (χ4n) is 2.58. The minimum absolute atomic E-state index is 1.01. The molecule has 2 nitrogen and oxygen atoms in total. The molecule has 1 aromatic carbocycles.